The number of carbonyl (C=O) groups excluding carboxylic acids is 1. The number of thiocarbonyl (C=S) groups is 1. The molecule has 0 aliphatic heterocycles. The van der Waals surface area contributed by atoms with Gasteiger partial charge in [0.25, 0.3) is 5.91 Å². The summed E-state index contributed by atoms with van der Waals surface area (Å²) in [5.74, 6) is -0.447. The molecule has 1 amide bonds. The zero-order chi connectivity index (χ0) is 13.8. The molecule has 0 aliphatic rings. The molecule has 6 nitrogen and oxygen atoms in total. The third-order valence-corrected chi connectivity index (χ3v) is 2.53. The second kappa shape index (κ2) is 5.68. The van der Waals surface area contributed by atoms with Crippen molar-refractivity contribution >= 4 is 40.8 Å². The van der Waals surface area contributed by atoms with E-state index in [1.807, 2.05) is 0 Å². The molecule has 0 aliphatic carbocycles. The topological polar surface area (TPSA) is 85.0 Å². The van der Waals surface area contributed by atoms with Gasteiger partial charge in [0.15, 0.2) is 5.11 Å². The van der Waals surface area contributed by atoms with Crippen LogP contribution in [0.5, 0.6) is 0 Å². The predicted molar refractivity (Wildman–Crippen MR) is 74.9 cm³/mol. The van der Waals surface area contributed by atoms with Gasteiger partial charge in [-0.25, -0.2) is 14.9 Å². The molecule has 0 unspecified atom stereocenters. The van der Waals surface area contributed by atoms with Crippen molar-refractivity contribution in [2.45, 2.75) is 0 Å². The van der Waals surface area contributed by atoms with Crippen molar-refractivity contribution in [3.8, 4) is 0 Å². The highest BCUT2D eigenvalue weighted by molar-refractivity contribution is 7.80. The van der Waals surface area contributed by atoms with Crippen molar-refractivity contribution in [3.63, 3.8) is 0 Å². The summed E-state index contributed by atoms with van der Waals surface area (Å²) in [6.07, 6.45) is 4.36. The Labute approximate surface area is 119 Å². The van der Waals surface area contributed by atoms with E-state index in [2.05, 4.69) is 15.0 Å². The molecule has 2 rings (SSSR count). The molecule has 2 aromatic heterocycles. The van der Waals surface area contributed by atoms with Crippen LogP contribution in [0, 0.1) is 0 Å². The van der Waals surface area contributed by atoms with Crippen molar-refractivity contribution in [3.05, 3.63) is 47.5 Å². The average Bonchev–Trinajstić information content (AvgIpc) is 2.39. The predicted octanol–water partition coefficient (Wildman–Crippen LogP) is 1.42. The molecule has 2 N–H and O–H groups in total. The van der Waals surface area contributed by atoms with Crippen LogP contribution in [0.2, 0.25) is 5.15 Å². The highest BCUT2D eigenvalue weighted by atomic mass is 35.5. The number of halogens is 1. The molecule has 2 aromatic rings. The van der Waals surface area contributed by atoms with E-state index < -0.39 is 5.91 Å². The standard InChI is InChI=1S/C11H8ClN5OS/c12-8-3-5-15-11(16-8)17(10(13)19)9(18)7-2-1-4-14-6-7/h1-6H,(H2,13,19). The van der Waals surface area contributed by atoms with E-state index in [0.29, 0.717) is 5.56 Å². The van der Waals surface area contributed by atoms with E-state index >= 15 is 0 Å². The van der Waals surface area contributed by atoms with E-state index in [-0.39, 0.29) is 16.2 Å². The Bertz CT molecular complexity index is 621. The van der Waals surface area contributed by atoms with Crippen molar-refractivity contribution in [1.82, 2.24) is 15.0 Å². The summed E-state index contributed by atoms with van der Waals surface area (Å²) in [7, 11) is 0. The summed E-state index contributed by atoms with van der Waals surface area (Å²) in [6, 6.07) is 4.70. The maximum absolute atomic E-state index is 12.3. The third kappa shape index (κ3) is 3.01. The van der Waals surface area contributed by atoms with Crippen LogP contribution in [-0.2, 0) is 0 Å². The Morgan fingerprint density at radius 2 is 2.16 bits per heavy atom. The van der Waals surface area contributed by atoms with Gasteiger partial charge < -0.3 is 5.73 Å². The number of hydrogen-bond acceptors (Lipinski definition) is 5. The maximum atomic E-state index is 12.3. The van der Waals surface area contributed by atoms with Crippen molar-refractivity contribution in [1.29, 1.82) is 0 Å². The summed E-state index contributed by atoms with van der Waals surface area (Å²) in [5, 5.41) is 0.0151. The van der Waals surface area contributed by atoms with Crippen molar-refractivity contribution < 1.29 is 4.79 Å². The zero-order valence-electron chi connectivity index (χ0n) is 9.52. The lowest BCUT2D eigenvalue weighted by Gasteiger charge is -2.18. The molecular formula is C11H8ClN5OS. The summed E-state index contributed by atoms with van der Waals surface area (Å²) >= 11 is 10.6. The largest absolute Gasteiger partial charge is 0.375 e. The average molecular weight is 294 g/mol. The number of rotatable bonds is 2. The smallest absolute Gasteiger partial charge is 0.268 e. The zero-order valence-corrected chi connectivity index (χ0v) is 11.1. The van der Waals surface area contributed by atoms with Crippen LogP contribution in [0.3, 0.4) is 0 Å². The quantitative estimate of drug-likeness (QED) is 0.666. The van der Waals surface area contributed by atoms with Gasteiger partial charge in [0, 0.05) is 18.6 Å². The number of carbonyl (C=O) groups is 1. The Balaban J connectivity index is 2.42. The van der Waals surface area contributed by atoms with Crippen LogP contribution in [0.4, 0.5) is 5.95 Å². The molecule has 0 atom stereocenters. The number of nitrogens with zero attached hydrogens (tertiary/aromatic N) is 4. The van der Waals surface area contributed by atoms with Crippen LogP contribution in [0.25, 0.3) is 0 Å². The lowest BCUT2D eigenvalue weighted by atomic mass is 10.2. The monoisotopic (exact) mass is 293 g/mol. The first-order valence-electron chi connectivity index (χ1n) is 5.12. The molecule has 2 heterocycles. The molecule has 0 aromatic carbocycles. The third-order valence-electron chi connectivity index (χ3n) is 2.14. The van der Waals surface area contributed by atoms with Gasteiger partial charge in [-0.1, -0.05) is 11.6 Å². The number of nitrogens with two attached hydrogens (primary N) is 1. The summed E-state index contributed by atoms with van der Waals surface area (Å²) < 4.78 is 0. The fourth-order valence-corrected chi connectivity index (χ4v) is 1.64. The second-order valence-electron chi connectivity index (χ2n) is 3.40. The summed E-state index contributed by atoms with van der Waals surface area (Å²) in [6.45, 7) is 0. The van der Waals surface area contributed by atoms with Crippen LogP contribution in [0.1, 0.15) is 10.4 Å². The van der Waals surface area contributed by atoms with Crippen LogP contribution in [0.15, 0.2) is 36.8 Å². The molecule has 8 heteroatoms. The number of anilines is 1. The van der Waals surface area contributed by atoms with E-state index in [1.54, 1.807) is 18.3 Å². The molecular weight excluding hydrogens is 286 g/mol. The van der Waals surface area contributed by atoms with E-state index in [9.17, 15) is 4.79 Å². The Hall–Kier alpha value is -2.12. The fraction of sp³-hybridized carbons (Fsp3) is 0. The van der Waals surface area contributed by atoms with Crippen LogP contribution < -0.4 is 10.6 Å². The first-order valence-corrected chi connectivity index (χ1v) is 5.90. The summed E-state index contributed by atoms with van der Waals surface area (Å²) in [4.78, 5) is 25.0. The number of hydrogen-bond donors (Lipinski definition) is 1. The van der Waals surface area contributed by atoms with Crippen molar-refractivity contribution in [2.24, 2.45) is 5.73 Å². The highest BCUT2D eigenvalue weighted by Crippen LogP contribution is 2.14. The molecule has 0 fully saturated rings. The molecule has 0 radical (unpaired) electrons. The van der Waals surface area contributed by atoms with Crippen LogP contribution >= 0.6 is 23.8 Å². The molecule has 0 saturated carbocycles. The Morgan fingerprint density at radius 1 is 1.37 bits per heavy atom. The van der Waals surface area contributed by atoms with Gasteiger partial charge >= 0.3 is 0 Å². The molecule has 0 saturated heterocycles. The second-order valence-corrected chi connectivity index (χ2v) is 4.21. The minimum Gasteiger partial charge on any atom is -0.375 e. The maximum Gasteiger partial charge on any atom is 0.268 e. The van der Waals surface area contributed by atoms with Gasteiger partial charge in [-0.15, -0.1) is 0 Å². The lowest BCUT2D eigenvalue weighted by molar-refractivity contribution is 0.100. The van der Waals surface area contributed by atoms with E-state index in [1.165, 1.54) is 18.5 Å². The van der Waals surface area contributed by atoms with E-state index in [4.69, 9.17) is 29.6 Å². The minimum absolute atomic E-state index is 0.0221. The number of aromatic nitrogens is 3. The molecule has 96 valence electrons. The fourth-order valence-electron chi connectivity index (χ4n) is 1.34. The van der Waals surface area contributed by atoms with Crippen LogP contribution in [-0.4, -0.2) is 26.0 Å². The Kier molecular flexibility index (Phi) is 3.98. The first kappa shape index (κ1) is 13.3. The lowest BCUT2D eigenvalue weighted by Crippen LogP contribution is -2.41. The molecule has 0 spiro atoms. The number of pyridine rings is 1. The molecule has 19 heavy (non-hydrogen) atoms. The van der Waals surface area contributed by atoms with Gasteiger partial charge in [-0.3, -0.25) is 9.78 Å². The Morgan fingerprint density at radius 3 is 2.74 bits per heavy atom. The SMILES string of the molecule is NC(=S)N(C(=O)c1cccnc1)c1nccc(Cl)n1. The highest BCUT2D eigenvalue weighted by Gasteiger charge is 2.23. The first-order chi connectivity index (χ1) is 9.09. The van der Waals surface area contributed by atoms with Gasteiger partial charge in [0.1, 0.15) is 5.15 Å². The van der Waals surface area contributed by atoms with Crippen molar-refractivity contribution in [2.75, 3.05) is 4.90 Å². The van der Waals surface area contributed by atoms with Gasteiger partial charge in [-0.05, 0) is 30.4 Å². The van der Waals surface area contributed by atoms with Gasteiger partial charge in [0.2, 0.25) is 5.95 Å². The van der Waals surface area contributed by atoms with Gasteiger partial charge in [0.05, 0.1) is 5.56 Å². The minimum atomic E-state index is -0.470. The summed E-state index contributed by atoms with van der Waals surface area (Å²) in [5.41, 5.74) is 5.87. The molecule has 0 bridgehead atoms. The number of amides is 1. The normalized spacial score (nSPS) is 9.95. The van der Waals surface area contributed by atoms with E-state index in [0.717, 1.165) is 4.90 Å². The van der Waals surface area contributed by atoms with Gasteiger partial charge in [-0.2, -0.15) is 0 Å².